The Morgan fingerprint density at radius 3 is 2.55 bits per heavy atom. The molecule has 2 heterocycles. The van der Waals surface area contributed by atoms with E-state index in [0.717, 1.165) is 23.5 Å². The van der Waals surface area contributed by atoms with Crippen molar-refractivity contribution >= 4 is 5.97 Å². The zero-order chi connectivity index (χ0) is 24.2. The monoisotopic (exact) mass is 465 g/mol. The molecule has 3 rings (SSSR count). The van der Waals surface area contributed by atoms with Crippen molar-refractivity contribution in [1.29, 1.82) is 0 Å². The molecule has 10 heteroatoms. The van der Waals surface area contributed by atoms with Crippen molar-refractivity contribution in [3.63, 3.8) is 0 Å². The van der Waals surface area contributed by atoms with Crippen LogP contribution in [-0.4, -0.2) is 32.4 Å². The lowest BCUT2D eigenvalue weighted by molar-refractivity contribution is -0.138. The van der Waals surface area contributed by atoms with E-state index in [2.05, 4.69) is 10.1 Å². The second-order valence-corrected chi connectivity index (χ2v) is 7.79. The number of aryl methyl sites for hydroxylation is 1. The maximum atomic E-state index is 14.1. The number of aliphatic carboxylic acids is 1. The number of benzene rings is 1. The highest BCUT2D eigenvalue weighted by atomic mass is 19.4. The van der Waals surface area contributed by atoms with Crippen LogP contribution in [0.3, 0.4) is 0 Å². The van der Waals surface area contributed by atoms with Gasteiger partial charge in [0.2, 0.25) is 0 Å². The van der Waals surface area contributed by atoms with Gasteiger partial charge in [-0.25, -0.2) is 14.1 Å². The lowest BCUT2D eigenvalue weighted by Gasteiger charge is -2.11. The Hall–Kier alpha value is -3.43. The molecule has 0 atom stereocenters. The number of halogens is 4. The van der Waals surface area contributed by atoms with Gasteiger partial charge in [-0.05, 0) is 42.5 Å². The molecular formula is C23H23F4N3O3. The molecule has 1 aromatic carbocycles. The van der Waals surface area contributed by atoms with Crippen LogP contribution in [0.25, 0.3) is 5.82 Å². The minimum atomic E-state index is -4.47. The van der Waals surface area contributed by atoms with E-state index in [1.54, 1.807) is 6.20 Å². The van der Waals surface area contributed by atoms with Gasteiger partial charge in [0.1, 0.15) is 0 Å². The fraction of sp³-hybridized carbons (Fsp3) is 0.348. The quantitative estimate of drug-likeness (QED) is 0.348. The molecule has 3 aromatic rings. The lowest BCUT2D eigenvalue weighted by Crippen LogP contribution is -2.07. The zero-order valence-corrected chi connectivity index (χ0v) is 18.1. The van der Waals surface area contributed by atoms with Crippen molar-refractivity contribution in [3.8, 4) is 11.6 Å². The molecular weight excluding hydrogens is 442 g/mol. The maximum absolute atomic E-state index is 14.1. The molecule has 0 saturated heterocycles. The van der Waals surface area contributed by atoms with E-state index in [1.165, 1.54) is 28.9 Å². The summed E-state index contributed by atoms with van der Waals surface area (Å²) < 4.78 is 59.4. The summed E-state index contributed by atoms with van der Waals surface area (Å²) in [5, 5.41) is 13.5. The molecule has 2 aromatic heterocycles. The number of nitrogens with zero attached hydrogens (tertiary/aromatic N) is 3. The molecule has 0 radical (unpaired) electrons. The molecule has 0 amide bonds. The Balaban J connectivity index is 1.70. The van der Waals surface area contributed by atoms with Crippen LogP contribution in [0.1, 0.15) is 48.6 Å². The average molecular weight is 465 g/mol. The van der Waals surface area contributed by atoms with E-state index in [1.807, 2.05) is 13.8 Å². The van der Waals surface area contributed by atoms with Crippen molar-refractivity contribution in [2.75, 3.05) is 6.61 Å². The number of hydrogen-bond acceptors (Lipinski definition) is 4. The van der Waals surface area contributed by atoms with Crippen molar-refractivity contribution < 1.29 is 32.2 Å². The number of pyridine rings is 1. The van der Waals surface area contributed by atoms with E-state index in [4.69, 9.17) is 9.84 Å². The summed E-state index contributed by atoms with van der Waals surface area (Å²) in [7, 11) is 0. The predicted molar refractivity (Wildman–Crippen MR) is 112 cm³/mol. The highest BCUT2D eigenvalue weighted by Crippen LogP contribution is 2.29. The normalized spacial score (nSPS) is 11.7. The first-order valence-electron chi connectivity index (χ1n) is 10.3. The van der Waals surface area contributed by atoms with Gasteiger partial charge >= 0.3 is 12.1 Å². The van der Waals surface area contributed by atoms with E-state index in [0.29, 0.717) is 12.8 Å². The van der Waals surface area contributed by atoms with Gasteiger partial charge in [0.15, 0.2) is 17.4 Å². The van der Waals surface area contributed by atoms with Crippen LogP contribution in [0.15, 0.2) is 42.7 Å². The maximum Gasteiger partial charge on any atom is 0.417 e. The summed E-state index contributed by atoms with van der Waals surface area (Å²) in [5.41, 5.74) is 1.06. The first kappa shape index (κ1) is 24.2. The van der Waals surface area contributed by atoms with Crippen LogP contribution in [0.2, 0.25) is 0 Å². The molecule has 6 nitrogen and oxygen atoms in total. The fourth-order valence-electron chi connectivity index (χ4n) is 3.36. The second kappa shape index (κ2) is 10.0. The molecule has 0 fully saturated rings. The Bertz CT molecular complexity index is 1110. The summed E-state index contributed by atoms with van der Waals surface area (Å²) in [6.07, 6.45) is -1.32. The summed E-state index contributed by atoms with van der Waals surface area (Å²) in [6.45, 7) is 4.05. The molecule has 33 heavy (non-hydrogen) atoms. The van der Waals surface area contributed by atoms with E-state index < -0.39 is 23.5 Å². The summed E-state index contributed by atoms with van der Waals surface area (Å²) in [6, 6.07) is 6.35. The summed E-state index contributed by atoms with van der Waals surface area (Å²) in [5.74, 6) is -1.47. The lowest BCUT2D eigenvalue weighted by atomic mass is 10.0. The first-order chi connectivity index (χ1) is 15.6. The molecule has 0 aliphatic heterocycles. The van der Waals surface area contributed by atoms with Gasteiger partial charge in [-0.15, -0.1) is 0 Å². The van der Waals surface area contributed by atoms with Crippen molar-refractivity contribution in [2.24, 2.45) is 0 Å². The van der Waals surface area contributed by atoms with Gasteiger partial charge in [-0.3, -0.25) is 4.79 Å². The van der Waals surface area contributed by atoms with E-state index >= 15 is 0 Å². The number of carbonyl (C=O) groups is 1. The average Bonchev–Trinajstić information content (AvgIpc) is 3.16. The summed E-state index contributed by atoms with van der Waals surface area (Å²) in [4.78, 5) is 14.9. The molecule has 0 saturated carbocycles. The van der Waals surface area contributed by atoms with Gasteiger partial charge in [-0.2, -0.15) is 18.3 Å². The third-order valence-corrected chi connectivity index (χ3v) is 4.91. The standard InChI is InChI=1S/C23H23F4N3O3/c1-14(2)21-16(13-30(29-21)19-9-8-17(12-28-19)23(25,26)27)6-4-10-33-22-15(11-20(31)32)5-3-7-18(22)24/h3,5,7-9,12-14H,4,6,10-11H2,1-2H3,(H,31,32). The molecule has 0 bridgehead atoms. The van der Waals surface area contributed by atoms with Crippen LogP contribution in [-0.2, 0) is 23.8 Å². The minimum Gasteiger partial charge on any atom is -0.490 e. The summed E-state index contributed by atoms with van der Waals surface area (Å²) >= 11 is 0. The fourth-order valence-corrected chi connectivity index (χ4v) is 3.36. The molecule has 1 N–H and O–H groups in total. The van der Waals surface area contributed by atoms with Crippen molar-refractivity contribution in [3.05, 3.63) is 70.9 Å². The van der Waals surface area contributed by atoms with Gasteiger partial charge in [0, 0.05) is 18.0 Å². The van der Waals surface area contributed by atoms with Gasteiger partial charge in [0.25, 0.3) is 0 Å². The minimum absolute atomic E-state index is 0.0605. The number of hydrogen-bond donors (Lipinski definition) is 1. The van der Waals surface area contributed by atoms with Crippen LogP contribution < -0.4 is 4.74 Å². The van der Waals surface area contributed by atoms with Gasteiger partial charge in [0.05, 0.1) is 24.3 Å². The highest BCUT2D eigenvalue weighted by molar-refractivity contribution is 5.71. The van der Waals surface area contributed by atoms with Crippen LogP contribution in [0, 0.1) is 5.82 Å². The number of aromatic nitrogens is 3. The molecule has 0 unspecified atom stereocenters. The smallest absolute Gasteiger partial charge is 0.417 e. The second-order valence-electron chi connectivity index (χ2n) is 7.79. The Morgan fingerprint density at radius 1 is 1.18 bits per heavy atom. The zero-order valence-electron chi connectivity index (χ0n) is 18.1. The molecule has 176 valence electrons. The number of rotatable bonds is 9. The highest BCUT2D eigenvalue weighted by Gasteiger charge is 2.30. The van der Waals surface area contributed by atoms with Crippen molar-refractivity contribution in [2.45, 2.75) is 45.2 Å². The first-order valence-corrected chi connectivity index (χ1v) is 10.3. The Labute approximate surface area is 187 Å². The SMILES string of the molecule is CC(C)c1nn(-c2ccc(C(F)(F)F)cn2)cc1CCCOc1c(F)cccc1CC(=O)O. The topological polar surface area (TPSA) is 77.2 Å². The van der Waals surface area contributed by atoms with Gasteiger partial charge in [-0.1, -0.05) is 26.0 Å². The molecule has 0 aliphatic carbocycles. The largest absolute Gasteiger partial charge is 0.490 e. The van der Waals surface area contributed by atoms with E-state index in [9.17, 15) is 22.4 Å². The number of ether oxygens (including phenoxy) is 1. The number of alkyl halides is 3. The van der Waals surface area contributed by atoms with Crippen molar-refractivity contribution in [1.82, 2.24) is 14.8 Å². The third kappa shape index (κ3) is 6.09. The van der Waals surface area contributed by atoms with Crippen LogP contribution >= 0.6 is 0 Å². The molecule has 0 spiro atoms. The van der Waals surface area contributed by atoms with E-state index in [-0.39, 0.29) is 36.1 Å². The Kier molecular flexibility index (Phi) is 7.35. The number of para-hydroxylation sites is 1. The number of carboxylic acids is 1. The predicted octanol–water partition coefficient (Wildman–Crippen LogP) is 5.19. The van der Waals surface area contributed by atoms with Crippen LogP contribution in [0.4, 0.5) is 17.6 Å². The molecule has 0 aliphatic rings. The third-order valence-electron chi connectivity index (χ3n) is 4.91. The Morgan fingerprint density at radius 2 is 1.94 bits per heavy atom. The van der Waals surface area contributed by atoms with Crippen LogP contribution in [0.5, 0.6) is 5.75 Å². The number of carboxylic acid groups (broad SMARTS) is 1. The van der Waals surface area contributed by atoms with Gasteiger partial charge < -0.3 is 9.84 Å².